The largest absolute Gasteiger partial charge is 0.489 e. The maximum Gasteiger partial charge on any atom is 0.405 e. The molecule has 0 saturated carbocycles. The first-order valence-corrected chi connectivity index (χ1v) is 6.30. The number of para-hydroxylation sites is 2. The van der Waals surface area contributed by atoms with E-state index >= 15 is 0 Å². The quantitative estimate of drug-likeness (QED) is 0.633. The van der Waals surface area contributed by atoms with Gasteiger partial charge in [0.15, 0.2) is 0 Å². The van der Waals surface area contributed by atoms with Crippen LogP contribution in [0, 0.1) is 0 Å². The summed E-state index contributed by atoms with van der Waals surface area (Å²) in [5, 5.41) is 15.7. The van der Waals surface area contributed by atoms with Gasteiger partial charge in [-0.2, -0.15) is 0 Å². The number of carbonyl (C=O) groups excluding carboxylic acids is 2. The Bertz CT molecular complexity index is 575. The normalized spacial score (nSPS) is 18.3. The van der Waals surface area contributed by atoms with Gasteiger partial charge in [-0.15, -0.1) is 0 Å². The lowest BCUT2D eigenvalue weighted by atomic mass is 10.2. The third kappa shape index (κ3) is 3.62. The average Bonchev–Trinajstić information content (AvgIpc) is 2.58. The molecule has 8 heteroatoms. The van der Waals surface area contributed by atoms with Crippen molar-refractivity contribution >= 4 is 23.6 Å². The van der Waals surface area contributed by atoms with Crippen LogP contribution in [-0.4, -0.2) is 41.7 Å². The van der Waals surface area contributed by atoms with Gasteiger partial charge in [-0.3, -0.25) is 9.59 Å². The Morgan fingerprint density at radius 3 is 2.86 bits per heavy atom. The van der Waals surface area contributed by atoms with Gasteiger partial charge in [0.25, 0.3) is 5.91 Å². The van der Waals surface area contributed by atoms with Crippen LogP contribution in [0.2, 0.25) is 0 Å². The summed E-state index contributed by atoms with van der Waals surface area (Å²) in [5.74, 6) is -0.512. The highest BCUT2D eigenvalue weighted by molar-refractivity contribution is 5.99. The second-order valence-electron chi connectivity index (χ2n) is 4.53. The van der Waals surface area contributed by atoms with Crippen LogP contribution in [0.15, 0.2) is 24.3 Å². The van der Waals surface area contributed by atoms with Crippen LogP contribution in [0.4, 0.5) is 10.5 Å². The second kappa shape index (κ2) is 6.12. The molecule has 4 N–H and O–H groups in total. The Labute approximate surface area is 120 Å². The van der Waals surface area contributed by atoms with Gasteiger partial charge in [0.1, 0.15) is 24.4 Å². The fraction of sp³-hybridized carbons (Fsp3) is 0.308. The highest BCUT2D eigenvalue weighted by Crippen LogP contribution is 2.25. The molecule has 112 valence electrons. The van der Waals surface area contributed by atoms with Crippen molar-refractivity contribution in [2.75, 3.05) is 11.9 Å². The Morgan fingerprint density at radius 1 is 1.43 bits per heavy atom. The van der Waals surface area contributed by atoms with Crippen LogP contribution in [0.1, 0.15) is 6.92 Å². The molecule has 2 atom stereocenters. The van der Waals surface area contributed by atoms with Crippen molar-refractivity contribution in [1.29, 1.82) is 0 Å². The molecule has 1 aliphatic heterocycles. The topological polar surface area (TPSA) is 117 Å². The fourth-order valence-electron chi connectivity index (χ4n) is 1.82. The van der Waals surface area contributed by atoms with Gasteiger partial charge in [0, 0.05) is 0 Å². The minimum absolute atomic E-state index is 0.0334. The smallest absolute Gasteiger partial charge is 0.405 e. The molecular weight excluding hydrogens is 278 g/mol. The van der Waals surface area contributed by atoms with Crippen molar-refractivity contribution in [3.8, 4) is 5.75 Å². The molecule has 1 aromatic rings. The molecule has 1 aliphatic rings. The summed E-state index contributed by atoms with van der Waals surface area (Å²) in [6.45, 7) is 1.35. The van der Waals surface area contributed by atoms with Crippen LogP contribution in [0.5, 0.6) is 5.75 Å². The molecule has 0 radical (unpaired) electrons. The highest BCUT2D eigenvalue weighted by atomic mass is 16.5. The Morgan fingerprint density at radius 2 is 2.14 bits per heavy atom. The van der Waals surface area contributed by atoms with Crippen molar-refractivity contribution in [2.45, 2.75) is 19.0 Å². The third-order valence-electron chi connectivity index (χ3n) is 2.92. The van der Waals surface area contributed by atoms with E-state index in [9.17, 15) is 14.4 Å². The number of rotatable bonds is 3. The van der Waals surface area contributed by atoms with Crippen molar-refractivity contribution < 1.29 is 24.2 Å². The summed E-state index contributed by atoms with van der Waals surface area (Å²) in [5.41, 5.74) is 0.524. The summed E-state index contributed by atoms with van der Waals surface area (Å²) in [6, 6.07) is 5.03. The molecule has 0 aliphatic carbocycles. The first kappa shape index (κ1) is 14.6. The first-order valence-electron chi connectivity index (χ1n) is 6.30. The standard InChI is InChI=1S/C13H15N3O5/c1-7(14-13(19)20)11(17)16-9-6-21-10-5-3-2-4-8(10)15-12(9)18/h2-5,7,9,14H,6H2,1H3,(H,15,18)(H,16,17)(H,19,20). The van der Waals surface area contributed by atoms with Gasteiger partial charge in [0.2, 0.25) is 5.91 Å². The SMILES string of the molecule is CC(NC(=O)O)C(=O)NC1COc2ccccc2NC1=O. The van der Waals surface area contributed by atoms with Gasteiger partial charge in [-0.05, 0) is 19.1 Å². The Kier molecular flexibility index (Phi) is 4.27. The number of anilines is 1. The van der Waals surface area contributed by atoms with E-state index in [1.165, 1.54) is 6.92 Å². The third-order valence-corrected chi connectivity index (χ3v) is 2.92. The molecular formula is C13H15N3O5. The number of carbonyl (C=O) groups is 3. The van der Waals surface area contributed by atoms with Crippen LogP contribution in [0.25, 0.3) is 0 Å². The Hall–Kier alpha value is -2.77. The van der Waals surface area contributed by atoms with Gasteiger partial charge in [-0.25, -0.2) is 4.79 Å². The summed E-state index contributed by atoms with van der Waals surface area (Å²) in [7, 11) is 0. The van der Waals surface area contributed by atoms with E-state index in [0.717, 1.165) is 0 Å². The van der Waals surface area contributed by atoms with Gasteiger partial charge >= 0.3 is 6.09 Å². The molecule has 0 saturated heterocycles. The summed E-state index contributed by atoms with van der Waals surface area (Å²) in [4.78, 5) is 34.3. The van der Waals surface area contributed by atoms with E-state index in [-0.39, 0.29) is 6.61 Å². The predicted molar refractivity (Wildman–Crippen MR) is 73.1 cm³/mol. The van der Waals surface area contributed by atoms with E-state index in [4.69, 9.17) is 9.84 Å². The molecule has 0 bridgehead atoms. The minimum Gasteiger partial charge on any atom is -0.489 e. The summed E-state index contributed by atoms with van der Waals surface area (Å²) >= 11 is 0. The summed E-state index contributed by atoms with van der Waals surface area (Å²) < 4.78 is 5.46. The number of carboxylic acid groups (broad SMARTS) is 1. The van der Waals surface area contributed by atoms with E-state index in [0.29, 0.717) is 11.4 Å². The number of benzene rings is 1. The molecule has 0 aromatic heterocycles. The minimum atomic E-state index is -1.31. The van der Waals surface area contributed by atoms with Crippen LogP contribution < -0.4 is 20.7 Å². The lowest BCUT2D eigenvalue weighted by Gasteiger charge is -2.17. The maximum atomic E-state index is 12.0. The molecule has 1 heterocycles. The van der Waals surface area contributed by atoms with E-state index < -0.39 is 30.0 Å². The second-order valence-corrected chi connectivity index (χ2v) is 4.53. The number of fused-ring (bicyclic) bond motifs is 1. The predicted octanol–water partition coefficient (Wildman–Crippen LogP) is 0.158. The van der Waals surface area contributed by atoms with Crippen molar-refractivity contribution in [1.82, 2.24) is 10.6 Å². The van der Waals surface area contributed by atoms with Gasteiger partial charge in [-0.1, -0.05) is 12.1 Å². The van der Waals surface area contributed by atoms with E-state index in [2.05, 4.69) is 10.6 Å². The first-order chi connectivity index (χ1) is 9.97. The monoisotopic (exact) mass is 293 g/mol. The molecule has 21 heavy (non-hydrogen) atoms. The molecule has 3 amide bonds. The van der Waals surface area contributed by atoms with Crippen LogP contribution >= 0.6 is 0 Å². The summed E-state index contributed by atoms with van der Waals surface area (Å²) in [6.07, 6.45) is -1.31. The number of hydrogen-bond donors (Lipinski definition) is 4. The van der Waals surface area contributed by atoms with Crippen molar-refractivity contribution in [3.05, 3.63) is 24.3 Å². The van der Waals surface area contributed by atoms with Crippen molar-refractivity contribution in [3.63, 3.8) is 0 Å². The maximum absolute atomic E-state index is 12.0. The number of hydrogen-bond acceptors (Lipinski definition) is 4. The van der Waals surface area contributed by atoms with E-state index in [1.54, 1.807) is 24.3 Å². The number of nitrogens with one attached hydrogen (secondary N) is 3. The molecule has 0 spiro atoms. The zero-order chi connectivity index (χ0) is 15.4. The van der Waals surface area contributed by atoms with Crippen LogP contribution in [-0.2, 0) is 9.59 Å². The number of ether oxygens (including phenoxy) is 1. The van der Waals surface area contributed by atoms with Gasteiger partial charge < -0.3 is 25.8 Å². The van der Waals surface area contributed by atoms with Crippen LogP contribution in [0.3, 0.4) is 0 Å². The molecule has 2 unspecified atom stereocenters. The molecule has 1 aromatic carbocycles. The highest BCUT2D eigenvalue weighted by Gasteiger charge is 2.28. The van der Waals surface area contributed by atoms with E-state index in [1.807, 2.05) is 5.32 Å². The van der Waals surface area contributed by atoms with Gasteiger partial charge in [0.05, 0.1) is 5.69 Å². The van der Waals surface area contributed by atoms with Crippen molar-refractivity contribution in [2.24, 2.45) is 0 Å². The molecule has 8 nitrogen and oxygen atoms in total. The number of amides is 3. The fourth-order valence-corrected chi connectivity index (χ4v) is 1.82. The zero-order valence-electron chi connectivity index (χ0n) is 11.3. The lowest BCUT2D eigenvalue weighted by Crippen LogP contribution is -2.52. The lowest BCUT2D eigenvalue weighted by molar-refractivity contribution is -0.127. The Balaban J connectivity index is 2.01. The molecule has 2 rings (SSSR count). The average molecular weight is 293 g/mol. The molecule has 0 fully saturated rings. The zero-order valence-corrected chi connectivity index (χ0v) is 11.3.